The van der Waals surface area contributed by atoms with Crippen LogP contribution in [0.3, 0.4) is 0 Å². The van der Waals surface area contributed by atoms with Crippen molar-refractivity contribution in [2.45, 2.75) is 63.2 Å². The van der Waals surface area contributed by atoms with Gasteiger partial charge in [-0.2, -0.15) is 0 Å². The van der Waals surface area contributed by atoms with E-state index in [4.69, 9.17) is 0 Å². The van der Waals surface area contributed by atoms with Gasteiger partial charge in [-0.25, -0.2) is 13.1 Å². The lowest BCUT2D eigenvalue weighted by molar-refractivity contribution is -0.0666. The third-order valence-electron chi connectivity index (χ3n) is 6.80. The van der Waals surface area contributed by atoms with E-state index in [0.29, 0.717) is 6.54 Å². The Morgan fingerprint density at radius 2 is 1.67 bits per heavy atom. The molecule has 4 bridgehead atoms. The first-order chi connectivity index (χ1) is 9.97. The highest BCUT2D eigenvalue weighted by Crippen LogP contribution is 2.61. The number of rotatable bonds is 4. The second-order valence-corrected chi connectivity index (χ2v) is 10.3. The molecule has 1 aliphatic heterocycles. The molecule has 5 heteroatoms. The van der Waals surface area contributed by atoms with Crippen molar-refractivity contribution in [1.82, 2.24) is 10.0 Å². The molecule has 0 spiro atoms. The van der Waals surface area contributed by atoms with E-state index >= 15 is 0 Å². The van der Waals surface area contributed by atoms with E-state index in [9.17, 15) is 8.42 Å². The molecule has 5 aliphatic rings. The predicted molar refractivity (Wildman–Crippen MR) is 83.4 cm³/mol. The molecule has 120 valence electrons. The molecule has 2 atom stereocenters. The maximum atomic E-state index is 12.6. The standard InChI is InChI=1S/C16H28N2O2S/c1-11(18-21(19,20)15-2-3-17-10-15)16-7-12-4-13(8-16)6-14(5-12)9-16/h11-15,17-18H,2-10H2,1H3. The molecule has 21 heavy (non-hydrogen) atoms. The molecule has 2 unspecified atom stereocenters. The summed E-state index contributed by atoms with van der Waals surface area (Å²) in [6.07, 6.45) is 8.74. The van der Waals surface area contributed by atoms with Crippen molar-refractivity contribution in [2.24, 2.45) is 23.2 Å². The average Bonchev–Trinajstić information content (AvgIpc) is 2.90. The molecule has 5 fully saturated rings. The summed E-state index contributed by atoms with van der Waals surface area (Å²) in [5, 5.41) is 2.94. The Labute approximate surface area is 128 Å². The van der Waals surface area contributed by atoms with Crippen LogP contribution in [0.25, 0.3) is 0 Å². The molecule has 0 aromatic carbocycles. The van der Waals surface area contributed by atoms with Crippen LogP contribution in [0, 0.1) is 23.2 Å². The molecule has 0 radical (unpaired) electrons. The molecule has 2 N–H and O–H groups in total. The lowest BCUT2D eigenvalue weighted by atomic mass is 9.48. The highest BCUT2D eigenvalue weighted by atomic mass is 32.2. The highest BCUT2D eigenvalue weighted by Gasteiger charge is 2.53. The lowest BCUT2D eigenvalue weighted by Gasteiger charge is -2.59. The van der Waals surface area contributed by atoms with E-state index in [-0.39, 0.29) is 16.7 Å². The van der Waals surface area contributed by atoms with Crippen LogP contribution in [0.15, 0.2) is 0 Å². The van der Waals surface area contributed by atoms with Crippen molar-refractivity contribution in [3.8, 4) is 0 Å². The molecule has 0 aromatic rings. The second kappa shape index (κ2) is 4.93. The van der Waals surface area contributed by atoms with E-state index < -0.39 is 10.0 Å². The summed E-state index contributed by atoms with van der Waals surface area (Å²) in [5.41, 5.74) is 0.258. The minimum atomic E-state index is -3.17. The second-order valence-electron chi connectivity index (χ2n) is 8.28. The van der Waals surface area contributed by atoms with Gasteiger partial charge < -0.3 is 5.32 Å². The van der Waals surface area contributed by atoms with Crippen LogP contribution < -0.4 is 10.0 Å². The number of sulfonamides is 1. The van der Waals surface area contributed by atoms with Gasteiger partial charge in [-0.05, 0) is 81.6 Å². The molecular weight excluding hydrogens is 284 g/mol. The van der Waals surface area contributed by atoms with Crippen molar-refractivity contribution >= 4 is 10.0 Å². The van der Waals surface area contributed by atoms with E-state index in [1.807, 2.05) is 0 Å². The predicted octanol–water partition coefficient (Wildman–Crippen LogP) is 1.87. The topological polar surface area (TPSA) is 58.2 Å². The molecule has 4 aliphatic carbocycles. The Kier molecular flexibility index (Phi) is 3.40. The van der Waals surface area contributed by atoms with Gasteiger partial charge in [0.2, 0.25) is 10.0 Å². The largest absolute Gasteiger partial charge is 0.315 e. The monoisotopic (exact) mass is 312 g/mol. The zero-order chi connectivity index (χ0) is 14.7. The molecular formula is C16H28N2O2S. The Hall–Kier alpha value is -0.130. The summed E-state index contributed by atoms with van der Waals surface area (Å²) in [5.74, 6) is 2.61. The first-order valence-corrected chi connectivity index (χ1v) is 10.2. The summed E-state index contributed by atoms with van der Waals surface area (Å²) in [4.78, 5) is 0. The van der Waals surface area contributed by atoms with Crippen LogP contribution in [-0.2, 0) is 10.0 Å². The van der Waals surface area contributed by atoms with Gasteiger partial charge in [-0.3, -0.25) is 0 Å². The fourth-order valence-electron chi connectivity index (χ4n) is 6.07. The van der Waals surface area contributed by atoms with Crippen molar-refractivity contribution in [3.05, 3.63) is 0 Å². The first-order valence-electron chi connectivity index (χ1n) is 8.69. The van der Waals surface area contributed by atoms with E-state index in [2.05, 4.69) is 17.0 Å². The molecule has 0 amide bonds. The normalized spacial score (nSPS) is 46.9. The maximum absolute atomic E-state index is 12.6. The zero-order valence-corrected chi connectivity index (χ0v) is 13.8. The quantitative estimate of drug-likeness (QED) is 0.833. The van der Waals surface area contributed by atoms with Gasteiger partial charge in [0.1, 0.15) is 0 Å². The van der Waals surface area contributed by atoms with Gasteiger partial charge >= 0.3 is 0 Å². The van der Waals surface area contributed by atoms with E-state index in [0.717, 1.165) is 30.7 Å². The Morgan fingerprint density at radius 1 is 1.10 bits per heavy atom. The van der Waals surface area contributed by atoms with Crippen molar-refractivity contribution < 1.29 is 8.42 Å². The van der Waals surface area contributed by atoms with Crippen LogP contribution in [-0.4, -0.2) is 32.8 Å². The van der Waals surface area contributed by atoms with Crippen LogP contribution in [0.2, 0.25) is 0 Å². The molecule has 1 saturated heterocycles. The van der Waals surface area contributed by atoms with E-state index in [1.54, 1.807) is 0 Å². The first kappa shape index (κ1) is 14.5. The van der Waals surface area contributed by atoms with Gasteiger partial charge in [0.25, 0.3) is 0 Å². The zero-order valence-electron chi connectivity index (χ0n) is 13.0. The van der Waals surface area contributed by atoms with Crippen molar-refractivity contribution in [1.29, 1.82) is 0 Å². The lowest BCUT2D eigenvalue weighted by Crippen LogP contribution is -2.56. The number of hydrogen-bond acceptors (Lipinski definition) is 3. The van der Waals surface area contributed by atoms with Gasteiger partial charge in [0.15, 0.2) is 0 Å². The van der Waals surface area contributed by atoms with Gasteiger partial charge in [-0.1, -0.05) is 0 Å². The SMILES string of the molecule is CC(NS(=O)(=O)C1CCNC1)C12CC3CC(CC(C3)C1)C2. The third-order valence-corrected chi connectivity index (χ3v) is 8.76. The minimum Gasteiger partial charge on any atom is -0.315 e. The molecule has 4 saturated carbocycles. The fraction of sp³-hybridized carbons (Fsp3) is 1.00. The van der Waals surface area contributed by atoms with Crippen molar-refractivity contribution in [3.63, 3.8) is 0 Å². The van der Waals surface area contributed by atoms with Crippen LogP contribution >= 0.6 is 0 Å². The molecule has 1 heterocycles. The fourth-order valence-corrected chi connectivity index (χ4v) is 7.77. The average molecular weight is 312 g/mol. The van der Waals surface area contributed by atoms with E-state index in [1.165, 1.54) is 38.5 Å². The summed E-state index contributed by atoms with van der Waals surface area (Å²) < 4.78 is 28.3. The number of nitrogens with one attached hydrogen (secondary N) is 2. The summed E-state index contributed by atoms with van der Waals surface area (Å²) in [6.45, 7) is 3.58. The summed E-state index contributed by atoms with van der Waals surface area (Å²) in [7, 11) is -3.17. The van der Waals surface area contributed by atoms with Crippen LogP contribution in [0.5, 0.6) is 0 Å². The minimum absolute atomic E-state index is 0.108. The van der Waals surface area contributed by atoms with Gasteiger partial charge in [-0.15, -0.1) is 0 Å². The Bertz CT molecular complexity index is 475. The van der Waals surface area contributed by atoms with Crippen LogP contribution in [0.1, 0.15) is 51.9 Å². The summed E-state index contributed by atoms with van der Waals surface area (Å²) >= 11 is 0. The third kappa shape index (κ3) is 2.45. The van der Waals surface area contributed by atoms with Gasteiger partial charge in [0, 0.05) is 12.6 Å². The maximum Gasteiger partial charge on any atom is 0.216 e. The summed E-state index contributed by atoms with van der Waals surface area (Å²) in [6, 6.07) is 0.108. The smallest absolute Gasteiger partial charge is 0.216 e. The van der Waals surface area contributed by atoms with Gasteiger partial charge in [0.05, 0.1) is 5.25 Å². The van der Waals surface area contributed by atoms with Crippen molar-refractivity contribution in [2.75, 3.05) is 13.1 Å². The number of hydrogen-bond donors (Lipinski definition) is 2. The Morgan fingerprint density at radius 3 is 2.14 bits per heavy atom. The molecule has 0 aromatic heterocycles. The highest BCUT2D eigenvalue weighted by molar-refractivity contribution is 7.90. The van der Waals surface area contributed by atoms with Crippen LogP contribution in [0.4, 0.5) is 0 Å². The molecule has 4 nitrogen and oxygen atoms in total. The molecule has 5 rings (SSSR count). The Balaban J connectivity index is 1.51.